The van der Waals surface area contributed by atoms with Crippen LogP contribution in [-0.2, 0) is 0 Å². The highest BCUT2D eigenvalue weighted by molar-refractivity contribution is 9.10. The highest BCUT2D eigenvalue weighted by Crippen LogP contribution is 2.25. The zero-order valence-corrected chi connectivity index (χ0v) is 14.6. The number of para-hydroxylation sites is 2. The average molecular weight is 379 g/mol. The van der Waals surface area contributed by atoms with Crippen molar-refractivity contribution in [2.24, 2.45) is 0 Å². The largest absolute Gasteiger partial charge is 0.493 e. The van der Waals surface area contributed by atoms with Crippen LogP contribution in [0.3, 0.4) is 0 Å². The number of rotatable bonds is 6. The van der Waals surface area contributed by atoms with Gasteiger partial charge in [-0.05, 0) is 42.8 Å². The summed E-state index contributed by atoms with van der Waals surface area (Å²) in [5.74, 6) is 1.32. The maximum Gasteiger partial charge on any atom is 0.319 e. The molecule has 0 saturated heterocycles. The minimum absolute atomic E-state index is 0.265. The van der Waals surface area contributed by atoms with Gasteiger partial charge in [0, 0.05) is 10.2 Å². The van der Waals surface area contributed by atoms with Crippen molar-refractivity contribution < 1.29 is 14.3 Å². The van der Waals surface area contributed by atoms with E-state index in [1.165, 1.54) is 0 Å². The van der Waals surface area contributed by atoms with Gasteiger partial charge in [0.1, 0.15) is 6.61 Å². The molecule has 0 heterocycles. The Bertz CT molecular complexity index is 677. The monoisotopic (exact) mass is 378 g/mol. The molecule has 6 heteroatoms. The van der Waals surface area contributed by atoms with Crippen LogP contribution in [0.1, 0.15) is 5.56 Å². The summed E-state index contributed by atoms with van der Waals surface area (Å²) in [4.78, 5) is 11.9. The zero-order chi connectivity index (χ0) is 16.7. The van der Waals surface area contributed by atoms with Crippen molar-refractivity contribution in [2.45, 2.75) is 6.92 Å². The van der Waals surface area contributed by atoms with E-state index in [-0.39, 0.29) is 6.03 Å². The molecule has 2 N–H and O–H groups in total. The molecule has 5 nitrogen and oxygen atoms in total. The van der Waals surface area contributed by atoms with Crippen molar-refractivity contribution in [1.29, 1.82) is 0 Å². The van der Waals surface area contributed by atoms with Crippen molar-refractivity contribution >= 4 is 27.6 Å². The Morgan fingerprint density at radius 3 is 2.61 bits per heavy atom. The fourth-order valence-corrected chi connectivity index (χ4v) is 2.47. The average Bonchev–Trinajstić information content (AvgIpc) is 2.54. The number of amides is 2. The van der Waals surface area contributed by atoms with Crippen LogP contribution in [0.15, 0.2) is 46.9 Å². The van der Waals surface area contributed by atoms with Gasteiger partial charge in [0.25, 0.3) is 0 Å². The second kappa shape index (κ2) is 8.43. The lowest BCUT2D eigenvalue weighted by Gasteiger charge is -2.12. The molecule has 0 bridgehead atoms. The second-order valence-corrected chi connectivity index (χ2v) is 5.76. The highest BCUT2D eigenvalue weighted by atomic mass is 79.9. The van der Waals surface area contributed by atoms with E-state index in [2.05, 4.69) is 26.6 Å². The summed E-state index contributed by atoms with van der Waals surface area (Å²) < 4.78 is 11.8. The number of methoxy groups -OCH3 is 1. The quantitative estimate of drug-likeness (QED) is 0.747. The molecule has 0 fully saturated rings. The first-order chi connectivity index (χ1) is 11.1. The van der Waals surface area contributed by atoms with Crippen molar-refractivity contribution in [3.8, 4) is 11.5 Å². The Balaban J connectivity index is 1.76. The Hall–Kier alpha value is -2.21. The molecule has 0 aromatic heterocycles. The number of halogens is 1. The molecule has 2 aromatic rings. The van der Waals surface area contributed by atoms with Crippen molar-refractivity contribution in [3.05, 3.63) is 52.5 Å². The first-order valence-corrected chi connectivity index (χ1v) is 7.96. The third kappa shape index (κ3) is 5.17. The molecule has 0 atom stereocenters. The second-order valence-electron chi connectivity index (χ2n) is 4.84. The van der Waals surface area contributed by atoms with Crippen LogP contribution >= 0.6 is 15.9 Å². The fourth-order valence-electron chi connectivity index (χ4n) is 2.00. The summed E-state index contributed by atoms with van der Waals surface area (Å²) in [6.07, 6.45) is 0. The Kier molecular flexibility index (Phi) is 6.29. The molecule has 0 aliphatic heterocycles. The summed E-state index contributed by atoms with van der Waals surface area (Å²) >= 11 is 3.39. The third-order valence-corrected chi connectivity index (χ3v) is 3.64. The SMILES string of the molecule is COc1ccccc1OCCNC(=O)Nc1ccc(Br)cc1C. The number of urea groups is 1. The van der Waals surface area contributed by atoms with Crippen LogP contribution in [0.2, 0.25) is 0 Å². The number of hydrogen-bond acceptors (Lipinski definition) is 3. The van der Waals surface area contributed by atoms with E-state index in [1.807, 2.05) is 49.4 Å². The molecule has 0 spiro atoms. The molecule has 2 rings (SSSR count). The summed E-state index contributed by atoms with van der Waals surface area (Å²) in [6, 6.07) is 12.8. The molecule has 0 unspecified atom stereocenters. The lowest BCUT2D eigenvalue weighted by Crippen LogP contribution is -2.32. The molecule has 23 heavy (non-hydrogen) atoms. The smallest absolute Gasteiger partial charge is 0.319 e. The predicted octanol–water partition coefficient (Wildman–Crippen LogP) is 3.97. The molecule has 2 amide bonds. The normalized spacial score (nSPS) is 10.0. The maximum absolute atomic E-state index is 11.9. The van der Waals surface area contributed by atoms with Gasteiger partial charge in [0.05, 0.1) is 13.7 Å². The van der Waals surface area contributed by atoms with Crippen molar-refractivity contribution in [1.82, 2.24) is 5.32 Å². The van der Waals surface area contributed by atoms with Gasteiger partial charge in [-0.3, -0.25) is 0 Å². The maximum atomic E-state index is 11.9. The van der Waals surface area contributed by atoms with Crippen molar-refractivity contribution in [2.75, 3.05) is 25.6 Å². The summed E-state index contributed by atoms with van der Waals surface area (Å²) in [7, 11) is 1.59. The van der Waals surface area contributed by atoms with E-state index in [1.54, 1.807) is 7.11 Å². The Labute approximate surface area is 144 Å². The summed E-state index contributed by atoms with van der Waals surface area (Å²) in [5, 5.41) is 5.56. The van der Waals surface area contributed by atoms with Gasteiger partial charge in [0.2, 0.25) is 0 Å². The van der Waals surface area contributed by atoms with E-state index in [0.717, 1.165) is 15.7 Å². The van der Waals surface area contributed by atoms with E-state index >= 15 is 0 Å². The molecule has 2 aromatic carbocycles. The van der Waals surface area contributed by atoms with E-state index in [9.17, 15) is 4.79 Å². The van der Waals surface area contributed by atoms with E-state index < -0.39 is 0 Å². The number of hydrogen-bond donors (Lipinski definition) is 2. The number of anilines is 1. The molecule has 122 valence electrons. The van der Waals surface area contributed by atoms with Gasteiger partial charge in [-0.2, -0.15) is 0 Å². The molecule has 0 saturated carbocycles. The molecular weight excluding hydrogens is 360 g/mol. The number of aryl methyl sites for hydroxylation is 1. The van der Waals surface area contributed by atoms with Gasteiger partial charge in [-0.1, -0.05) is 28.1 Å². The minimum atomic E-state index is -0.265. The molecular formula is C17H19BrN2O3. The fraction of sp³-hybridized carbons (Fsp3) is 0.235. The lowest BCUT2D eigenvalue weighted by molar-refractivity contribution is 0.246. The molecule has 0 aliphatic rings. The van der Waals surface area contributed by atoms with Crippen LogP contribution in [0, 0.1) is 6.92 Å². The predicted molar refractivity (Wildman–Crippen MR) is 94.4 cm³/mol. The standard InChI is InChI=1S/C17H19BrN2O3/c1-12-11-13(18)7-8-14(12)20-17(21)19-9-10-23-16-6-4-3-5-15(16)22-2/h3-8,11H,9-10H2,1-2H3,(H2,19,20,21). The number of ether oxygens (including phenoxy) is 2. The number of carbonyl (C=O) groups is 1. The van der Waals surface area contributed by atoms with Crippen LogP contribution in [0.4, 0.5) is 10.5 Å². The van der Waals surface area contributed by atoms with Gasteiger partial charge in [-0.25, -0.2) is 4.79 Å². The van der Waals surface area contributed by atoms with E-state index in [4.69, 9.17) is 9.47 Å². The van der Waals surface area contributed by atoms with Crippen molar-refractivity contribution in [3.63, 3.8) is 0 Å². The lowest BCUT2D eigenvalue weighted by atomic mass is 10.2. The number of nitrogens with one attached hydrogen (secondary N) is 2. The first-order valence-electron chi connectivity index (χ1n) is 7.17. The molecule has 0 aliphatic carbocycles. The van der Waals surface area contributed by atoms with Crippen LogP contribution < -0.4 is 20.1 Å². The minimum Gasteiger partial charge on any atom is -0.493 e. The van der Waals surface area contributed by atoms with Crippen LogP contribution in [0.25, 0.3) is 0 Å². The Morgan fingerprint density at radius 2 is 1.91 bits per heavy atom. The number of carbonyl (C=O) groups excluding carboxylic acids is 1. The molecule has 0 radical (unpaired) electrons. The summed E-state index contributed by atoms with van der Waals surface area (Å²) in [6.45, 7) is 2.68. The zero-order valence-electron chi connectivity index (χ0n) is 13.1. The highest BCUT2D eigenvalue weighted by Gasteiger charge is 2.05. The van der Waals surface area contributed by atoms with Crippen LogP contribution in [-0.4, -0.2) is 26.3 Å². The first kappa shape index (κ1) is 17.1. The van der Waals surface area contributed by atoms with Gasteiger partial charge in [-0.15, -0.1) is 0 Å². The Morgan fingerprint density at radius 1 is 1.17 bits per heavy atom. The summed E-state index contributed by atoms with van der Waals surface area (Å²) in [5.41, 5.74) is 1.76. The van der Waals surface area contributed by atoms with Gasteiger partial charge >= 0.3 is 6.03 Å². The van der Waals surface area contributed by atoms with Gasteiger partial charge < -0.3 is 20.1 Å². The third-order valence-electron chi connectivity index (χ3n) is 3.15. The van der Waals surface area contributed by atoms with E-state index in [0.29, 0.717) is 24.7 Å². The topological polar surface area (TPSA) is 59.6 Å². The number of benzene rings is 2. The van der Waals surface area contributed by atoms with Crippen LogP contribution in [0.5, 0.6) is 11.5 Å². The van der Waals surface area contributed by atoms with Gasteiger partial charge in [0.15, 0.2) is 11.5 Å².